The number of allylic oxidation sites excluding steroid dienone is 1. The number of carbonyl (C=O) groups excluding carboxylic acids is 2. The molecule has 2 aliphatic heterocycles. The van der Waals surface area contributed by atoms with Crippen LogP contribution >= 0.6 is 11.6 Å². The van der Waals surface area contributed by atoms with E-state index in [1.54, 1.807) is 28.0 Å². The van der Waals surface area contributed by atoms with Gasteiger partial charge in [0, 0.05) is 40.5 Å². The van der Waals surface area contributed by atoms with Crippen LogP contribution in [0.3, 0.4) is 0 Å². The summed E-state index contributed by atoms with van der Waals surface area (Å²) in [5, 5.41) is 11.0. The third kappa shape index (κ3) is 2.74. The molecule has 2 aromatic carbocycles. The Kier molecular flexibility index (Phi) is 5.11. The van der Waals surface area contributed by atoms with Gasteiger partial charge in [0.05, 0.1) is 11.3 Å². The van der Waals surface area contributed by atoms with Crippen LogP contribution in [0.4, 0.5) is 11.4 Å². The fourth-order valence-electron chi connectivity index (χ4n) is 5.54. The lowest BCUT2D eigenvalue weighted by Crippen LogP contribution is -2.52. The van der Waals surface area contributed by atoms with Gasteiger partial charge in [-0.15, -0.1) is 6.58 Å². The van der Waals surface area contributed by atoms with E-state index in [0.717, 1.165) is 5.56 Å². The Hall–Kier alpha value is -3.82. The van der Waals surface area contributed by atoms with Crippen molar-refractivity contribution in [3.8, 4) is 6.07 Å². The molecule has 7 heteroatoms. The predicted octanol–water partition coefficient (Wildman–Crippen LogP) is 4.64. The number of ketones is 1. The minimum Gasteiger partial charge on any atom is -0.384 e. The number of hydrogen-bond donors (Lipinski definition) is 1. The maximum Gasteiger partial charge on any atom is 0.248 e. The molecule has 2 aromatic rings. The number of halogens is 1. The average Bonchev–Trinajstić information content (AvgIpc) is 3.05. The first-order valence-electron chi connectivity index (χ1n) is 11.1. The molecular weight excluding hydrogens is 448 g/mol. The van der Waals surface area contributed by atoms with Crippen molar-refractivity contribution in [2.45, 2.75) is 31.6 Å². The number of rotatable bonds is 3. The second-order valence-corrected chi connectivity index (χ2v) is 9.14. The molecule has 1 aliphatic carbocycles. The number of para-hydroxylation sites is 1. The molecule has 0 saturated carbocycles. The van der Waals surface area contributed by atoms with Crippen molar-refractivity contribution in [1.82, 2.24) is 0 Å². The van der Waals surface area contributed by atoms with Crippen LogP contribution in [0.15, 0.2) is 77.8 Å². The van der Waals surface area contributed by atoms with Gasteiger partial charge in [0.25, 0.3) is 0 Å². The molecule has 0 radical (unpaired) electrons. The molecule has 170 valence electrons. The number of benzene rings is 2. The van der Waals surface area contributed by atoms with E-state index in [2.05, 4.69) is 12.6 Å². The van der Waals surface area contributed by atoms with Crippen LogP contribution in [0.25, 0.3) is 0 Å². The lowest BCUT2D eigenvalue weighted by Gasteiger charge is -2.44. The summed E-state index contributed by atoms with van der Waals surface area (Å²) in [7, 11) is 0. The third-order valence-electron chi connectivity index (χ3n) is 6.90. The smallest absolute Gasteiger partial charge is 0.248 e. The van der Waals surface area contributed by atoms with Gasteiger partial charge in [-0.05, 0) is 43.5 Å². The van der Waals surface area contributed by atoms with Gasteiger partial charge in [0.15, 0.2) is 5.78 Å². The van der Waals surface area contributed by atoms with E-state index in [0.29, 0.717) is 52.5 Å². The van der Waals surface area contributed by atoms with Crippen LogP contribution in [0.5, 0.6) is 0 Å². The van der Waals surface area contributed by atoms with Crippen LogP contribution in [-0.2, 0) is 15.0 Å². The minimum absolute atomic E-state index is 0.0601. The van der Waals surface area contributed by atoms with Gasteiger partial charge in [0.1, 0.15) is 17.3 Å². The number of aryl methyl sites for hydroxylation is 1. The number of amides is 1. The maximum absolute atomic E-state index is 14.2. The summed E-state index contributed by atoms with van der Waals surface area (Å²) < 4.78 is 0. The lowest BCUT2D eigenvalue weighted by molar-refractivity contribution is -0.124. The standard InChI is InChI=1S/C27H23ClN4O2/c1-3-13-31-20-8-5-4-7-18(20)27(26(31)34)19(15-29)25(30)32(21-9-6-10-23(33)24(21)27)22-14-17(28)12-11-16(22)2/h3-5,7-8,11-12,14H,1,6,9-10,13,30H2,2H3. The summed E-state index contributed by atoms with van der Waals surface area (Å²) in [4.78, 5) is 31.2. The van der Waals surface area contributed by atoms with E-state index in [-0.39, 0.29) is 29.6 Å². The molecule has 2 N–H and O–H groups in total. The van der Waals surface area contributed by atoms with Crippen LogP contribution in [-0.4, -0.2) is 18.2 Å². The Bertz CT molecular complexity index is 1380. The molecule has 1 unspecified atom stereocenters. The molecule has 0 fully saturated rings. The van der Waals surface area contributed by atoms with Crippen LogP contribution in [0.2, 0.25) is 5.02 Å². The molecule has 34 heavy (non-hydrogen) atoms. The minimum atomic E-state index is -1.58. The van der Waals surface area contributed by atoms with Crippen molar-refractivity contribution in [2.24, 2.45) is 5.73 Å². The Morgan fingerprint density at radius 3 is 2.71 bits per heavy atom. The molecule has 1 amide bonds. The van der Waals surface area contributed by atoms with Crippen LogP contribution < -0.4 is 15.5 Å². The van der Waals surface area contributed by atoms with E-state index < -0.39 is 5.41 Å². The Labute approximate surface area is 203 Å². The number of nitriles is 1. The maximum atomic E-state index is 14.2. The number of fused-ring (bicyclic) bond motifs is 3. The number of nitrogens with zero attached hydrogens (tertiary/aromatic N) is 3. The van der Waals surface area contributed by atoms with Crippen molar-refractivity contribution < 1.29 is 9.59 Å². The summed E-state index contributed by atoms with van der Waals surface area (Å²) in [6.07, 6.45) is 3.12. The summed E-state index contributed by atoms with van der Waals surface area (Å²) in [6, 6.07) is 14.9. The zero-order valence-electron chi connectivity index (χ0n) is 18.8. The monoisotopic (exact) mass is 470 g/mol. The molecule has 2 heterocycles. The molecule has 5 rings (SSSR count). The zero-order chi connectivity index (χ0) is 24.2. The fourth-order valence-corrected chi connectivity index (χ4v) is 5.70. The van der Waals surface area contributed by atoms with Gasteiger partial charge in [0.2, 0.25) is 5.91 Å². The number of carbonyl (C=O) groups is 2. The topological polar surface area (TPSA) is 90.4 Å². The van der Waals surface area contributed by atoms with Crippen molar-refractivity contribution in [1.29, 1.82) is 5.26 Å². The molecule has 0 bridgehead atoms. The highest BCUT2D eigenvalue weighted by atomic mass is 35.5. The summed E-state index contributed by atoms with van der Waals surface area (Å²) in [5.74, 6) is -0.349. The van der Waals surface area contributed by atoms with E-state index in [9.17, 15) is 14.9 Å². The molecule has 0 aromatic heterocycles. The van der Waals surface area contributed by atoms with Crippen molar-refractivity contribution >= 4 is 34.7 Å². The number of hydrogen-bond acceptors (Lipinski definition) is 5. The van der Waals surface area contributed by atoms with Crippen LogP contribution in [0, 0.1) is 18.3 Å². The number of anilines is 2. The van der Waals surface area contributed by atoms with Gasteiger partial charge in [-0.25, -0.2) is 0 Å². The van der Waals surface area contributed by atoms with E-state index in [1.807, 2.05) is 37.3 Å². The summed E-state index contributed by atoms with van der Waals surface area (Å²) in [5.41, 5.74) is 9.05. The van der Waals surface area contributed by atoms with Crippen LogP contribution in [0.1, 0.15) is 30.4 Å². The largest absolute Gasteiger partial charge is 0.384 e. The van der Waals surface area contributed by atoms with E-state index in [1.165, 1.54) is 0 Å². The SMILES string of the molecule is C=CCN1C(=O)C2(C(C#N)=C(N)N(c3cc(Cl)ccc3C)C3=C2C(=O)CCC3)c2ccccc21. The number of nitrogens with two attached hydrogens (primary N) is 1. The Morgan fingerprint density at radius 1 is 1.21 bits per heavy atom. The molecule has 0 saturated heterocycles. The highest BCUT2D eigenvalue weighted by Crippen LogP contribution is 2.56. The highest BCUT2D eigenvalue weighted by Gasteiger charge is 2.62. The van der Waals surface area contributed by atoms with Gasteiger partial charge in [-0.2, -0.15) is 5.26 Å². The quantitative estimate of drug-likeness (QED) is 0.660. The van der Waals surface area contributed by atoms with E-state index >= 15 is 0 Å². The molecule has 1 atom stereocenters. The van der Waals surface area contributed by atoms with Gasteiger partial charge >= 0.3 is 0 Å². The van der Waals surface area contributed by atoms with Crippen molar-refractivity contribution in [3.63, 3.8) is 0 Å². The predicted molar refractivity (Wildman–Crippen MR) is 132 cm³/mol. The Balaban J connectivity index is 1.90. The van der Waals surface area contributed by atoms with Gasteiger partial charge in [-0.1, -0.05) is 41.9 Å². The fraction of sp³-hybridized carbons (Fsp3) is 0.222. The Morgan fingerprint density at radius 2 is 1.97 bits per heavy atom. The van der Waals surface area contributed by atoms with Gasteiger partial charge in [-0.3, -0.25) is 14.5 Å². The zero-order valence-corrected chi connectivity index (χ0v) is 19.5. The molecular formula is C27H23ClN4O2. The van der Waals surface area contributed by atoms with Crippen molar-refractivity contribution in [3.05, 3.63) is 93.9 Å². The van der Waals surface area contributed by atoms with Gasteiger partial charge < -0.3 is 10.6 Å². The lowest BCUT2D eigenvalue weighted by atomic mass is 9.63. The number of Topliss-reactive ketones (excluding diaryl/α,β-unsaturated/α-hetero) is 1. The average molecular weight is 471 g/mol. The third-order valence-corrected chi connectivity index (χ3v) is 7.14. The first-order chi connectivity index (χ1) is 16.4. The van der Waals surface area contributed by atoms with E-state index in [4.69, 9.17) is 17.3 Å². The molecule has 1 spiro atoms. The summed E-state index contributed by atoms with van der Waals surface area (Å²) >= 11 is 6.32. The first kappa shape index (κ1) is 22.0. The first-order valence-corrected chi connectivity index (χ1v) is 11.5. The highest BCUT2D eigenvalue weighted by molar-refractivity contribution is 6.31. The summed E-state index contributed by atoms with van der Waals surface area (Å²) in [6.45, 7) is 5.96. The molecule has 6 nitrogen and oxygen atoms in total. The second kappa shape index (κ2) is 7.89. The molecule has 3 aliphatic rings. The van der Waals surface area contributed by atoms with Crippen molar-refractivity contribution in [2.75, 3.05) is 16.3 Å². The normalized spacial score (nSPS) is 21.7. The second-order valence-electron chi connectivity index (χ2n) is 8.71.